The largest absolute Gasteiger partial charge is 0.465 e. The number of amides is 1. The quantitative estimate of drug-likeness (QED) is 0.524. The van der Waals surface area contributed by atoms with Gasteiger partial charge in [0.1, 0.15) is 5.69 Å². The molecular formula is C21H21N3O3S. The van der Waals surface area contributed by atoms with Gasteiger partial charge in [0.25, 0.3) is 5.91 Å². The Morgan fingerprint density at radius 2 is 1.93 bits per heavy atom. The van der Waals surface area contributed by atoms with Gasteiger partial charge in [-0.1, -0.05) is 23.8 Å². The molecule has 1 aromatic heterocycles. The zero-order chi connectivity index (χ0) is 20.4. The number of hydrogen-bond donors (Lipinski definition) is 2. The molecule has 28 heavy (non-hydrogen) atoms. The lowest BCUT2D eigenvalue weighted by Gasteiger charge is -2.13. The van der Waals surface area contributed by atoms with E-state index in [9.17, 15) is 9.59 Å². The number of aromatic nitrogens is 1. The normalized spacial score (nSPS) is 10.7. The number of methoxy groups -OCH3 is 1. The molecule has 2 aromatic carbocycles. The Morgan fingerprint density at radius 1 is 1.18 bits per heavy atom. The number of fused-ring (bicyclic) bond motifs is 1. The molecule has 0 saturated heterocycles. The van der Waals surface area contributed by atoms with Gasteiger partial charge in [-0.05, 0) is 61.5 Å². The number of carbonyl (C=O) groups excluding carboxylic acids is 2. The Labute approximate surface area is 168 Å². The Hall–Kier alpha value is -3.19. The Balaban J connectivity index is 2.14. The third kappa shape index (κ3) is 3.89. The summed E-state index contributed by atoms with van der Waals surface area (Å²) in [5, 5.41) is 3.37. The van der Waals surface area contributed by atoms with Crippen LogP contribution in [-0.2, 0) is 11.3 Å². The number of nitrogens with two attached hydrogens (primary N) is 1. The van der Waals surface area contributed by atoms with Gasteiger partial charge < -0.3 is 15.0 Å². The van der Waals surface area contributed by atoms with E-state index in [-0.39, 0.29) is 11.0 Å². The average molecular weight is 395 g/mol. The van der Waals surface area contributed by atoms with Crippen LogP contribution < -0.4 is 11.1 Å². The number of ether oxygens (including phenoxy) is 1. The summed E-state index contributed by atoms with van der Waals surface area (Å²) in [7, 11) is 1.35. The molecule has 6 nitrogen and oxygen atoms in total. The van der Waals surface area contributed by atoms with Gasteiger partial charge in [0, 0.05) is 11.9 Å². The molecule has 0 spiro atoms. The maximum absolute atomic E-state index is 12.7. The molecule has 3 aromatic rings. The number of nitrogens with zero attached hydrogens (tertiary/aromatic N) is 1. The zero-order valence-corrected chi connectivity index (χ0v) is 16.7. The van der Waals surface area contributed by atoms with Gasteiger partial charge in [0.15, 0.2) is 5.11 Å². The second-order valence-corrected chi connectivity index (χ2v) is 7.09. The molecule has 144 valence electrons. The molecule has 0 aliphatic carbocycles. The summed E-state index contributed by atoms with van der Waals surface area (Å²) < 4.78 is 6.71. The van der Waals surface area contributed by atoms with Crippen molar-refractivity contribution in [2.24, 2.45) is 5.73 Å². The van der Waals surface area contributed by atoms with Gasteiger partial charge in [-0.2, -0.15) is 0 Å². The average Bonchev–Trinajstić information content (AvgIpc) is 2.99. The standard InChI is InChI=1S/C21H21N3O3S/c1-12-7-13(2)18-16(8-12)10-17(19(25)23-21(22)28)24(18)11-14-5-4-6-15(9-14)20(26)27-3/h4-10H,11H2,1-3H3,(H3,22,23,25,28). The van der Waals surface area contributed by atoms with Crippen molar-refractivity contribution in [2.75, 3.05) is 7.11 Å². The number of hydrogen-bond acceptors (Lipinski definition) is 4. The minimum Gasteiger partial charge on any atom is -0.465 e. The van der Waals surface area contributed by atoms with E-state index >= 15 is 0 Å². The van der Waals surface area contributed by atoms with Crippen LogP contribution in [0.4, 0.5) is 0 Å². The van der Waals surface area contributed by atoms with E-state index in [1.54, 1.807) is 18.2 Å². The number of aryl methyl sites for hydroxylation is 2. The summed E-state index contributed by atoms with van der Waals surface area (Å²) in [5.41, 5.74) is 10.4. The molecule has 0 fully saturated rings. The number of benzene rings is 2. The van der Waals surface area contributed by atoms with Crippen molar-refractivity contribution in [1.82, 2.24) is 9.88 Å². The predicted octanol–water partition coefficient (Wildman–Crippen LogP) is 3.07. The van der Waals surface area contributed by atoms with E-state index < -0.39 is 5.97 Å². The molecular weight excluding hydrogens is 374 g/mol. The van der Waals surface area contributed by atoms with E-state index in [4.69, 9.17) is 22.7 Å². The van der Waals surface area contributed by atoms with E-state index in [0.29, 0.717) is 17.8 Å². The van der Waals surface area contributed by atoms with Crippen LogP contribution in [0.1, 0.15) is 37.5 Å². The lowest BCUT2D eigenvalue weighted by Crippen LogP contribution is -2.35. The van der Waals surface area contributed by atoms with Gasteiger partial charge in [-0.15, -0.1) is 0 Å². The summed E-state index contributed by atoms with van der Waals surface area (Å²) in [6, 6.07) is 13.1. The van der Waals surface area contributed by atoms with Crippen LogP contribution in [0.25, 0.3) is 10.9 Å². The van der Waals surface area contributed by atoms with E-state index in [2.05, 4.69) is 11.4 Å². The molecule has 0 radical (unpaired) electrons. The maximum atomic E-state index is 12.7. The van der Waals surface area contributed by atoms with Crippen LogP contribution >= 0.6 is 12.2 Å². The third-order valence-corrected chi connectivity index (χ3v) is 4.59. The second-order valence-electron chi connectivity index (χ2n) is 6.65. The van der Waals surface area contributed by atoms with Gasteiger partial charge in [0.2, 0.25) is 0 Å². The van der Waals surface area contributed by atoms with Crippen LogP contribution in [0.15, 0.2) is 42.5 Å². The van der Waals surface area contributed by atoms with Crippen LogP contribution in [0.3, 0.4) is 0 Å². The predicted molar refractivity (Wildman–Crippen MR) is 113 cm³/mol. The molecule has 0 aliphatic heterocycles. The lowest BCUT2D eigenvalue weighted by atomic mass is 10.1. The van der Waals surface area contributed by atoms with Crippen LogP contribution in [0.2, 0.25) is 0 Å². The molecule has 0 aliphatic rings. The smallest absolute Gasteiger partial charge is 0.337 e. The highest BCUT2D eigenvalue weighted by Crippen LogP contribution is 2.26. The summed E-state index contributed by atoms with van der Waals surface area (Å²) in [6.45, 7) is 4.42. The first-order chi connectivity index (χ1) is 13.3. The van der Waals surface area contributed by atoms with Crippen molar-refractivity contribution in [3.63, 3.8) is 0 Å². The molecule has 0 unspecified atom stereocenters. The van der Waals surface area contributed by atoms with Crippen LogP contribution in [0, 0.1) is 13.8 Å². The first-order valence-electron chi connectivity index (χ1n) is 8.68. The minimum atomic E-state index is -0.405. The van der Waals surface area contributed by atoms with Crippen molar-refractivity contribution >= 4 is 40.1 Å². The van der Waals surface area contributed by atoms with Gasteiger partial charge in [-0.3, -0.25) is 10.1 Å². The fraction of sp³-hybridized carbons (Fsp3) is 0.190. The maximum Gasteiger partial charge on any atom is 0.337 e. The number of rotatable bonds is 4. The van der Waals surface area contributed by atoms with Crippen molar-refractivity contribution in [3.8, 4) is 0 Å². The van der Waals surface area contributed by atoms with Gasteiger partial charge in [0.05, 0.1) is 18.2 Å². The first-order valence-corrected chi connectivity index (χ1v) is 9.09. The van der Waals surface area contributed by atoms with Crippen molar-refractivity contribution in [3.05, 3.63) is 70.4 Å². The molecule has 1 heterocycles. The van der Waals surface area contributed by atoms with Crippen molar-refractivity contribution < 1.29 is 14.3 Å². The SMILES string of the molecule is COC(=O)c1cccc(Cn2c(C(=O)NC(N)=S)cc3cc(C)cc(C)c32)c1. The summed E-state index contributed by atoms with van der Waals surface area (Å²) >= 11 is 4.82. The second kappa shape index (κ2) is 7.82. The summed E-state index contributed by atoms with van der Waals surface area (Å²) in [6.07, 6.45) is 0. The molecule has 3 N–H and O–H groups in total. The van der Waals surface area contributed by atoms with E-state index in [1.807, 2.05) is 36.6 Å². The highest BCUT2D eigenvalue weighted by atomic mass is 32.1. The molecule has 0 atom stereocenters. The Kier molecular flexibility index (Phi) is 5.46. The van der Waals surface area contributed by atoms with Crippen molar-refractivity contribution in [2.45, 2.75) is 20.4 Å². The molecule has 0 saturated carbocycles. The topological polar surface area (TPSA) is 86.3 Å². The highest BCUT2D eigenvalue weighted by molar-refractivity contribution is 7.80. The number of carbonyl (C=O) groups is 2. The minimum absolute atomic E-state index is 0.0811. The van der Waals surface area contributed by atoms with Crippen molar-refractivity contribution in [1.29, 1.82) is 0 Å². The fourth-order valence-corrected chi connectivity index (χ4v) is 3.54. The molecule has 3 rings (SSSR count). The third-order valence-electron chi connectivity index (χ3n) is 4.49. The Morgan fingerprint density at radius 3 is 2.61 bits per heavy atom. The fourth-order valence-electron chi connectivity index (χ4n) is 3.44. The van der Waals surface area contributed by atoms with E-state index in [1.165, 1.54) is 7.11 Å². The molecule has 1 amide bonds. The molecule has 0 bridgehead atoms. The first kappa shape index (κ1) is 19.6. The van der Waals surface area contributed by atoms with Gasteiger partial charge >= 0.3 is 5.97 Å². The van der Waals surface area contributed by atoms with Crippen LogP contribution in [-0.4, -0.2) is 28.7 Å². The molecule has 7 heteroatoms. The van der Waals surface area contributed by atoms with E-state index in [0.717, 1.165) is 27.6 Å². The lowest BCUT2D eigenvalue weighted by molar-refractivity contribution is 0.0600. The summed E-state index contributed by atoms with van der Waals surface area (Å²) in [4.78, 5) is 24.5. The van der Waals surface area contributed by atoms with Crippen LogP contribution in [0.5, 0.6) is 0 Å². The number of thiocarbonyl (C=S) groups is 1. The highest BCUT2D eigenvalue weighted by Gasteiger charge is 2.18. The summed E-state index contributed by atoms with van der Waals surface area (Å²) in [5.74, 6) is -0.776. The zero-order valence-electron chi connectivity index (χ0n) is 15.9. The van der Waals surface area contributed by atoms with Gasteiger partial charge in [-0.25, -0.2) is 4.79 Å². The Bertz CT molecular complexity index is 1100. The number of nitrogens with one attached hydrogen (secondary N) is 1. The number of esters is 1. The monoisotopic (exact) mass is 395 g/mol.